The standard InChI is InChI=1S/C10H11N5O2/c1-7(11)10(16)17-9-5-3-2-4-8(9)15-6-12-13-14-15/h2-7H,11H2,1H3. The average molecular weight is 233 g/mol. The molecule has 2 N–H and O–H groups in total. The Balaban J connectivity index is 2.32. The van der Waals surface area contributed by atoms with E-state index in [9.17, 15) is 4.79 Å². The second kappa shape index (κ2) is 4.71. The first-order valence-corrected chi connectivity index (χ1v) is 4.98. The molecule has 1 unspecified atom stereocenters. The number of carbonyl (C=O) groups excluding carboxylic acids is 1. The number of rotatable bonds is 3. The van der Waals surface area contributed by atoms with Gasteiger partial charge in [0, 0.05) is 0 Å². The quantitative estimate of drug-likeness (QED) is 0.588. The number of aromatic nitrogens is 4. The van der Waals surface area contributed by atoms with Gasteiger partial charge in [0.05, 0.1) is 0 Å². The third-order valence-electron chi connectivity index (χ3n) is 2.04. The highest BCUT2D eigenvalue weighted by molar-refractivity contribution is 5.78. The lowest BCUT2D eigenvalue weighted by Gasteiger charge is -2.10. The molecule has 2 aromatic rings. The van der Waals surface area contributed by atoms with Gasteiger partial charge in [-0.25, -0.2) is 4.79 Å². The lowest BCUT2D eigenvalue weighted by Crippen LogP contribution is -2.31. The molecule has 0 fully saturated rings. The summed E-state index contributed by atoms with van der Waals surface area (Å²) in [5, 5.41) is 10.8. The van der Waals surface area contributed by atoms with Crippen molar-refractivity contribution < 1.29 is 9.53 Å². The van der Waals surface area contributed by atoms with E-state index in [1.807, 2.05) is 0 Å². The van der Waals surface area contributed by atoms with Crippen LogP contribution in [0.15, 0.2) is 30.6 Å². The minimum Gasteiger partial charge on any atom is -0.423 e. The topological polar surface area (TPSA) is 95.9 Å². The summed E-state index contributed by atoms with van der Waals surface area (Å²) in [6.45, 7) is 1.56. The molecule has 7 heteroatoms. The van der Waals surface area contributed by atoms with Crippen LogP contribution in [0.25, 0.3) is 5.69 Å². The first-order chi connectivity index (χ1) is 8.18. The fourth-order valence-electron chi connectivity index (χ4n) is 1.21. The molecular formula is C10H11N5O2. The van der Waals surface area contributed by atoms with E-state index in [1.165, 1.54) is 11.0 Å². The van der Waals surface area contributed by atoms with E-state index in [4.69, 9.17) is 10.5 Å². The van der Waals surface area contributed by atoms with Crippen LogP contribution in [0.1, 0.15) is 6.92 Å². The van der Waals surface area contributed by atoms with Crippen LogP contribution in [0.2, 0.25) is 0 Å². The zero-order chi connectivity index (χ0) is 12.3. The van der Waals surface area contributed by atoms with Crippen molar-refractivity contribution in [2.24, 2.45) is 5.73 Å². The summed E-state index contributed by atoms with van der Waals surface area (Å²) in [7, 11) is 0. The Morgan fingerprint density at radius 2 is 2.24 bits per heavy atom. The molecule has 88 valence electrons. The summed E-state index contributed by atoms with van der Waals surface area (Å²) < 4.78 is 6.56. The van der Waals surface area contributed by atoms with Crippen molar-refractivity contribution in [3.8, 4) is 11.4 Å². The summed E-state index contributed by atoms with van der Waals surface area (Å²) in [6.07, 6.45) is 1.42. The average Bonchev–Trinajstić information content (AvgIpc) is 2.83. The molecule has 1 atom stereocenters. The second-order valence-corrected chi connectivity index (χ2v) is 3.43. The minimum atomic E-state index is -0.683. The van der Waals surface area contributed by atoms with E-state index >= 15 is 0 Å². The van der Waals surface area contributed by atoms with Crippen LogP contribution in [0, 0.1) is 0 Å². The Morgan fingerprint density at radius 3 is 2.88 bits per heavy atom. The molecule has 17 heavy (non-hydrogen) atoms. The van der Waals surface area contributed by atoms with Crippen molar-refractivity contribution in [2.45, 2.75) is 13.0 Å². The lowest BCUT2D eigenvalue weighted by molar-refractivity contribution is -0.135. The van der Waals surface area contributed by atoms with Gasteiger partial charge in [-0.05, 0) is 29.5 Å². The van der Waals surface area contributed by atoms with Gasteiger partial charge in [0.25, 0.3) is 0 Å². The SMILES string of the molecule is CC(N)C(=O)Oc1ccccc1-n1cnnn1. The minimum absolute atomic E-state index is 0.363. The lowest BCUT2D eigenvalue weighted by atomic mass is 10.3. The van der Waals surface area contributed by atoms with Crippen LogP contribution < -0.4 is 10.5 Å². The van der Waals surface area contributed by atoms with E-state index in [2.05, 4.69) is 15.5 Å². The number of tetrazole rings is 1. The maximum atomic E-state index is 11.4. The molecule has 0 spiro atoms. The van der Waals surface area contributed by atoms with Crippen LogP contribution >= 0.6 is 0 Å². The summed E-state index contributed by atoms with van der Waals surface area (Å²) >= 11 is 0. The third kappa shape index (κ3) is 2.45. The van der Waals surface area contributed by atoms with Crippen LogP contribution in [0.3, 0.4) is 0 Å². The molecule has 0 radical (unpaired) electrons. The summed E-state index contributed by atoms with van der Waals surface area (Å²) in [5.74, 6) is -0.146. The summed E-state index contributed by atoms with van der Waals surface area (Å²) in [6, 6.07) is 6.24. The normalized spacial score (nSPS) is 12.1. The fourth-order valence-corrected chi connectivity index (χ4v) is 1.21. The Kier molecular flexibility index (Phi) is 3.10. The Labute approximate surface area is 97.2 Å². The second-order valence-electron chi connectivity index (χ2n) is 3.43. The molecule has 1 aromatic heterocycles. The highest BCUT2D eigenvalue weighted by atomic mass is 16.5. The predicted molar refractivity (Wildman–Crippen MR) is 58.4 cm³/mol. The fraction of sp³-hybridized carbons (Fsp3) is 0.200. The first kappa shape index (κ1) is 11.2. The maximum Gasteiger partial charge on any atom is 0.328 e. The number of esters is 1. The first-order valence-electron chi connectivity index (χ1n) is 4.98. The number of hydrogen-bond acceptors (Lipinski definition) is 6. The molecule has 0 amide bonds. The van der Waals surface area contributed by atoms with E-state index in [1.54, 1.807) is 31.2 Å². The molecule has 0 aliphatic rings. The molecule has 0 saturated carbocycles. The van der Waals surface area contributed by atoms with Gasteiger partial charge >= 0.3 is 5.97 Å². The smallest absolute Gasteiger partial charge is 0.328 e. The molecule has 1 heterocycles. The number of nitrogens with zero attached hydrogens (tertiary/aromatic N) is 4. The van der Waals surface area contributed by atoms with E-state index in [0.717, 1.165) is 0 Å². The monoisotopic (exact) mass is 233 g/mol. The molecule has 0 aliphatic heterocycles. The van der Waals surface area contributed by atoms with Gasteiger partial charge in [-0.2, -0.15) is 4.68 Å². The van der Waals surface area contributed by atoms with Crippen molar-refractivity contribution in [1.29, 1.82) is 0 Å². The number of ether oxygens (including phenoxy) is 1. The van der Waals surface area contributed by atoms with Crippen LogP contribution in [-0.2, 0) is 4.79 Å². The maximum absolute atomic E-state index is 11.4. The summed E-state index contributed by atoms with van der Waals surface area (Å²) in [4.78, 5) is 11.4. The van der Waals surface area contributed by atoms with Crippen molar-refractivity contribution >= 4 is 5.97 Å². The van der Waals surface area contributed by atoms with Crippen molar-refractivity contribution in [2.75, 3.05) is 0 Å². The van der Waals surface area contributed by atoms with E-state index < -0.39 is 12.0 Å². The highest BCUT2D eigenvalue weighted by Crippen LogP contribution is 2.21. The summed E-state index contributed by atoms with van der Waals surface area (Å²) in [5.41, 5.74) is 6.01. The number of nitrogens with two attached hydrogens (primary N) is 1. The van der Waals surface area contributed by atoms with E-state index in [-0.39, 0.29) is 0 Å². The molecule has 2 rings (SSSR count). The van der Waals surface area contributed by atoms with Gasteiger partial charge in [-0.3, -0.25) is 0 Å². The van der Waals surface area contributed by atoms with Crippen LogP contribution in [-0.4, -0.2) is 32.2 Å². The van der Waals surface area contributed by atoms with E-state index in [0.29, 0.717) is 11.4 Å². The Morgan fingerprint density at radius 1 is 1.47 bits per heavy atom. The third-order valence-corrected chi connectivity index (χ3v) is 2.04. The number of benzene rings is 1. The van der Waals surface area contributed by atoms with Crippen LogP contribution in [0.4, 0.5) is 0 Å². The molecule has 7 nitrogen and oxygen atoms in total. The van der Waals surface area contributed by atoms with Crippen molar-refractivity contribution in [3.63, 3.8) is 0 Å². The van der Waals surface area contributed by atoms with Crippen molar-refractivity contribution in [3.05, 3.63) is 30.6 Å². The van der Waals surface area contributed by atoms with Crippen molar-refractivity contribution in [1.82, 2.24) is 20.2 Å². The number of carbonyl (C=O) groups is 1. The molecular weight excluding hydrogens is 222 g/mol. The highest BCUT2D eigenvalue weighted by Gasteiger charge is 2.14. The Bertz CT molecular complexity index is 509. The van der Waals surface area contributed by atoms with Gasteiger partial charge in [0.15, 0.2) is 5.75 Å². The zero-order valence-corrected chi connectivity index (χ0v) is 9.15. The molecule has 0 saturated heterocycles. The largest absolute Gasteiger partial charge is 0.423 e. The zero-order valence-electron chi connectivity index (χ0n) is 9.15. The molecule has 0 bridgehead atoms. The van der Waals surface area contributed by atoms with Gasteiger partial charge in [0.1, 0.15) is 18.1 Å². The van der Waals surface area contributed by atoms with Gasteiger partial charge in [0.2, 0.25) is 0 Å². The number of para-hydroxylation sites is 2. The molecule has 1 aromatic carbocycles. The predicted octanol–water partition coefficient (Wildman–Crippen LogP) is -0.0851. The van der Waals surface area contributed by atoms with Crippen LogP contribution in [0.5, 0.6) is 5.75 Å². The van der Waals surface area contributed by atoms with Gasteiger partial charge in [-0.1, -0.05) is 12.1 Å². The van der Waals surface area contributed by atoms with Gasteiger partial charge in [-0.15, -0.1) is 5.10 Å². The van der Waals surface area contributed by atoms with Gasteiger partial charge < -0.3 is 10.5 Å². The Hall–Kier alpha value is -2.28. The molecule has 0 aliphatic carbocycles. The number of hydrogen-bond donors (Lipinski definition) is 1.